The third kappa shape index (κ3) is 6.29. The van der Waals surface area contributed by atoms with Gasteiger partial charge in [-0.3, -0.25) is 4.79 Å². The van der Waals surface area contributed by atoms with Crippen molar-refractivity contribution < 1.29 is 37.5 Å². The zero-order chi connectivity index (χ0) is 22.3. The van der Waals surface area contributed by atoms with Crippen LogP contribution in [0, 0.1) is 24.3 Å². The van der Waals surface area contributed by atoms with Crippen molar-refractivity contribution in [2.24, 2.45) is 0 Å². The van der Waals surface area contributed by atoms with Crippen LogP contribution in [0.2, 0.25) is 0 Å². The van der Waals surface area contributed by atoms with Crippen molar-refractivity contribution in [2.75, 3.05) is 13.1 Å². The number of fused-ring (bicyclic) bond motifs is 2. The Morgan fingerprint density at radius 3 is 2.42 bits per heavy atom. The van der Waals surface area contributed by atoms with Crippen molar-refractivity contribution in [1.29, 1.82) is 5.26 Å². The van der Waals surface area contributed by atoms with Crippen LogP contribution in [0.3, 0.4) is 0 Å². The minimum atomic E-state index is 0. The van der Waals surface area contributed by atoms with Crippen molar-refractivity contribution in [1.82, 2.24) is 4.90 Å². The predicted molar refractivity (Wildman–Crippen MR) is 130 cm³/mol. The van der Waals surface area contributed by atoms with Crippen molar-refractivity contribution in [3.63, 3.8) is 0 Å². The van der Waals surface area contributed by atoms with Gasteiger partial charge in [-0.1, -0.05) is 42.0 Å². The Hall–Kier alpha value is -2.54. The third-order valence-corrected chi connectivity index (χ3v) is 5.88. The molecular weight excluding hydrogens is 481 g/mol. The molecule has 1 saturated heterocycles. The predicted octanol–water partition coefficient (Wildman–Crippen LogP) is 6.35. The van der Waals surface area contributed by atoms with Gasteiger partial charge in [0.05, 0.1) is 6.07 Å². The molecule has 0 N–H and O–H groups in total. The van der Waals surface area contributed by atoms with E-state index in [0.717, 1.165) is 54.1 Å². The molecule has 0 bridgehead atoms. The first kappa shape index (κ1) is 25.1. The number of nitrogens with zero attached hydrogens (tertiary/aromatic N) is 2. The van der Waals surface area contributed by atoms with E-state index in [1.807, 2.05) is 59.5 Å². The third-order valence-electron chi connectivity index (χ3n) is 5.88. The van der Waals surface area contributed by atoms with Gasteiger partial charge in [-0.2, -0.15) is 11.7 Å². The molecule has 1 aliphatic rings. The summed E-state index contributed by atoms with van der Waals surface area (Å²) >= 11 is 0. The number of hydrogen-bond acceptors (Lipinski definition) is 2. The molecule has 0 aromatic heterocycles. The van der Waals surface area contributed by atoms with E-state index in [-0.39, 0.29) is 38.6 Å². The minimum Gasteiger partial charge on any atom is -0.339 e. The van der Waals surface area contributed by atoms with Gasteiger partial charge < -0.3 is 11.8 Å². The van der Waals surface area contributed by atoms with Crippen LogP contribution in [0.4, 0.5) is 0 Å². The second-order valence-corrected chi connectivity index (χ2v) is 8.08. The second kappa shape index (κ2) is 12.1. The molecule has 4 heteroatoms. The number of carbonyl (C=O) groups is 1. The summed E-state index contributed by atoms with van der Waals surface area (Å²) in [5.41, 5.74) is 2.72. The summed E-state index contributed by atoms with van der Waals surface area (Å²) in [6.07, 6.45) is 4.30. The molecule has 0 atom stereocenters. The molecule has 5 rings (SSSR count). The van der Waals surface area contributed by atoms with Crippen molar-refractivity contribution in [2.45, 2.75) is 25.7 Å². The van der Waals surface area contributed by atoms with E-state index in [4.69, 9.17) is 5.26 Å². The van der Waals surface area contributed by atoms with Gasteiger partial charge in [0.2, 0.25) is 0 Å². The topological polar surface area (TPSA) is 44.1 Å². The zero-order valence-electron chi connectivity index (χ0n) is 18.8. The largest absolute Gasteiger partial charge is 0.339 e. The Labute approximate surface area is 221 Å². The molecule has 0 saturated carbocycles. The standard InChI is InChI=1S/C18H20NO.C11H6N.Y/c1-2-14-6-7-16-13-17(9-8-15(16)12-14)18(20)19-10-4-3-5-11-19;12-8-9-5-6-10-3-1-2-4-11(10)7-9;/h6-9,12-13H,1-5,10-11H2;1-3,5-7H;/q2*-1;. The number of piperidine rings is 1. The van der Waals surface area contributed by atoms with E-state index in [1.54, 1.807) is 0 Å². The average Bonchev–Trinajstić information content (AvgIpc) is 2.88. The van der Waals surface area contributed by atoms with E-state index < -0.39 is 0 Å². The number of hydrogen-bond donors (Lipinski definition) is 0. The molecular formula is C29H26N2OY-2. The van der Waals surface area contributed by atoms with Crippen LogP contribution in [-0.2, 0) is 39.1 Å². The molecule has 4 aromatic rings. The first-order valence-electron chi connectivity index (χ1n) is 11.1. The summed E-state index contributed by atoms with van der Waals surface area (Å²) in [6, 6.07) is 28.9. The van der Waals surface area contributed by atoms with Crippen molar-refractivity contribution >= 4 is 27.5 Å². The fraction of sp³-hybridized carbons (Fsp3) is 0.207. The quantitative estimate of drug-likeness (QED) is 0.297. The molecule has 0 spiro atoms. The number of benzene rings is 4. The molecule has 4 aromatic carbocycles. The Morgan fingerprint density at radius 1 is 0.939 bits per heavy atom. The minimum absolute atomic E-state index is 0. The van der Waals surface area contributed by atoms with Crippen LogP contribution in [0.1, 0.15) is 40.7 Å². The van der Waals surface area contributed by atoms with Crippen molar-refractivity contribution in [3.8, 4) is 6.07 Å². The molecule has 1 amide bonds. The van der Waals surface area contributed by atoms with Gasteiger partial charge in [0.1, 0.15) is 0 Å². The fourth-order valence-corrected chi connectivity index (χ4v) is 4.05. The monoisotopic (exact) mass is 507 g/mol. The van der Waals surface area contributed by atoms with Gasteiger partial charge in [-0.15, -0.1) is 41.1 Å². The molecule has 0 unspecified atom stereocenters. The van der Waals surface area contributed by atoms with Crippen LogP contribution in [-0.4, -0.2) is 23.9 Å². The summed E-state index contributed by atoms with van der Waals surface area (Å²) in [7, 11) is 0. The number of nitriles is 1. The zero-order valence-corrected chi connectivity index (χ0v) is 21.6. The van der Waals surface area contributed by atoms with E-state index in [0.29, 0.717) is 5.56 Å². The maximum atomic E-state index is 12.5. The maximum Gasteiger partial charge on any atom is 0.253 e. The second-order valence-electron chi connectivity index (χ2n) is 8.08. The van der Waals surface area contributed by atoms with Gasteiger partial charge >= 0.3 is 0 Å². The molecule has 1 aliphatic heterocycles. The Bertz CT molecular complexity index is 1290. The maximum absolute atomic E-state index is 12.5. The average molecular weight is 507 g/mol. The van der Waals surface area contributed by atoms with Gasteiger partial charge in [0.25, 0.3) is 5.91 Å². The van der Waals surface area contributed by atoms with E-state index in [1.165, 1.54) is 17.4 Å². The first-order chi connectivity index (χ1) is 15.7. The smallest absolute Gasteiger partial charge is 0.253 e. The van der Waals surface area contributed by atoms with Crippen LogP contribution in [0.25, 0.3) is 21.5 Å². The van der Waals surface area contributed by atoms with Crippen LogP contribution in [0.15, 0.2) is 72.8 Å². The molecule has 1 heterocycles. The van der Waals surface area contributed by atoms with Crippen LogP contribution in [0.5, 0.6) is 0 Å². The van der Waals surface area contributed by atoms with E-state index in [2.05, 4.69) is 37.3 Å². The Morgan fingerprint density at radius 2 is 1.67 bits per heavy atom. The van der Waals surface area contributed by atoms with E-state index in [9.17, 15) is 4.79 Å². The molecule has 3 nitrogen and oxygen atoms in total. The normalized spacial score (nSPS) is 12.9. The molecule has 1 fully saturated rings. The van der Waals surface area contributed by atoms with E-state index >= 15 is 0 Å². The summed E-state index contributed by atoms with van der Waals surface area (Å²) in [5.74, 6) is 0.174. The summed E-state index contributed by atoms with van der Waals surface area (Å²) in [6.45, 7) is 5.71. The van der Waals surface area contributed by atoms with Gasteiger partial charge in [0.15, 0.2) is 0 Å². The summed E-state index contributed by atoms with van der Waals surface area (Å²) in [5, 5.41) is 13.1. The summed E-state index contributed by atoms with van der Waals surface area (Å²) < 4.78 is 0. The molecule has 1 radical (unpaired) electrons. The number of rotatable bonds is 2. The number of carbonyl (C=O) groups excluding carboxylic acids is 1. The number of likely N-dealkylation sites (tertiary alicyclic amines) is 1. The SMILES string of the molecule is N#Cc1ccc2ccc[c-]c2c1.[CH2-]Cc1ccc2cc(C(=O)N3CCCCC3)ccc2c1.[Y]. The Kier molecular flexibility index (Phi) is 9.18. The first-order valence-corrected chi connectivity index (χ1v) is 11.1. The van der Waals surface area contributed by atoms with Gasteiger partial charge in [-0.05, 0) is 42.2 Å². The van der Waals surface area contributed by atoms with Crippen LogP contribution >= 0.6 is 0 Å². The van der Waals surface area contributed by atoms with Crippen LogP contribution < -0.4 is 0 Å². The van der Waals surface area contributed by atoms with Crippen molar-refractivity contribution in [3.05, 3.63) is 102 Å². The number of amides is 1. The molecule has 0 aliphatic carbocycles. The molecule has 33 heavy (non-hydrogen) atoms. The van der Waals surface area contributed by atoms with Gasteiger partial charge in [-0.25, -0.2) is 0 Å². The molecule has 163 valence electrons. The fourth-order valence-electron chi connectivity index (χ4n) is 4.05. The summed E-state index contributed by atoms with van der Waals surface area (Å²) in [4.78, 5) is 14.5. The Balaban J connectivity index is 0.000000202. The van der Waals surface area contributed by atoms with Gasteiger partial charge in [0, 0.05) is 56.9 Å².